The summed E-state index contributed by atoms with van der Waals surface area (Å²) in [4.78, 5) is 19.9. The number of fused-ring (bicyclic) bond motifs is 7. The molecule has 0 spiro atoms. The van der Waals surface area contributed by atoms with Crippen LogP contribution >= 0.6 is 34.7 Å². The van der Waals surface area contributed by atoms with Crippen LogP contribution in [-0.4, -0.2) is 37.0 Å². The molecule has 0 fully saturated rings. The van der Waals surface area contributed by atoms with Crippen molar-refractivity contribution in [2.45, 2.75) is 69.3 Å². The Kier molecular flexibility index (Phi) is 8.42. The molecule has 5 heterocycles. The van der Waals surface area contributed by atoms with Crippen molar-refractivity contribution in [1.82, 2.24) is 24.6 Å². The summed E-state index contributed by atoms with van der Waals surface area (Å²) in [5, 5.41) is 23.3. The number of carboxylic acids is 1. The van der Waals surface area contributed by atoms with Crippen molar-refractivity contribution in [1.29, 1.82) is 0 Å². The Hall–Kier alpha value is -3.90. The number of carbonyl (C=O) groups is 1. The molecule has 3 aromatic heterocycles. The monoisotopic (exact) mass is 715 g/mol. The van der Waals surface area contributed by atoms with Crippen LogP contribution in [0.15, 0.2) is 47.4 Å². The smallest absolute Gasteiger partial charge is 0.352 e. The van der Waals surface area contributed by atoms with Gasteiger partial charge < -0.3 is 19.7 Å². The van der Waals surface area contributed by atoms with E-state index in [1.54, 1.807) is 33.7 Å². The van der Waals surface area contributed by atoms with E-state index in [9.17, 15) is 14.3 Å². The van der Waals surface area contributed by atoms with Crippen molar-refractivity contribution >= 4 is 62.3 Å². The topological polar surface area (TPSA) is 94.2 Å². The number of thiazole rings is 1. The van der Waals surface area contributed by atoms with Gasteiger partial charge in [-0.1, -0.05) is 17.7 Å². The lowest BCUT2D eigenvalue weighted by Gasteiger charge is -2.26. The van der Waals surface area contributed by atoms with Crippen molar-refractivity contribution < 1.29 is 19.0 Å². The number of ether oxygens (including phenoxy) is 1. The summed E-state index contributed by atoms with van der Waals surface area (Å²) in [6.45, 7) is 5.83. The van der Waals surface area contributed by atoms with Gasteiger partial charge >= 0.3 is 5.97 Å². The molecule has 0 saturated carbocycles. The predicted molar refractivity (Wildman–Crippen MR) is 194 cm³/mol. The summed E-state index contributed by atoms with van der Waals surface area (Å²) in [6.07, 6.45) is 2.99. The van der Waals surface area contributed by atoms with Gasteiger partial charge in [0.2, 0.25) is 0 Å². The van der Waals surface area contributed by atoms with Gasteiger partial charge in [0.1, 0.15) is 22.3 Å². The maximum absolute atomic E-state index is 14.3. The highest BCUT2D eigenvalue weighted by atomic mass is 35.5. The van der Waals surface area contributed by atoms with Crippen molar-refractivity contribution in [3.8, 4) is 16.9 Å². The Morgan fingerprint density at radius 3 is 2.78 bits per heavy atom. The molecule has 3 aromatic carbocycles. The molecular formula is C37H35ClFN5O3S2. The van der Waals surface area contributed by atoms with Crippen molar-refractivity contribution in [3.63, 3.8) is 0 Å². The fraction of sp³-hybridized carbons (Fsp3) is 0.324. The Bertz CT molecular complexity index is 2290. The maximum Gasteiger partial charge on any atom is 0.352 e. The van der Waals surface area contributed by atoms with E-state index in [4.69, 9.17) is 26.4 Å². The first kappa shape index (κ1) is 32.3. The zero-order valence-corrected chi connectivity index (χ0v) is 29.8. The van der Waals surface area contributed by atoms with Crippen LogP contribution in [0.5, 0.6) is 5.75 Å². The van der Waals surface area contributed by atoms with E-state index in [0.29, 0.717) is 36.8 Å². The van der Waals surface area contributed by atoms with Crippen LogP contribution in [0.3, 0.4) is 0 Å². The molecule has 0 radical (unpaired) electrons. The number of thioether (sulfide) groups is 1. The number of aryl methyl sites for hydroxylation is 5. The Labute approximate surface area is 296 Å². The average molecular weight is 716 g/mol. The van der Waals surface area contributed by atoms with E-state index >= 15 is 0 Å². The first-order chi connectivity index (χ1) is 23.7. The first-order valence-corrected chi connectivity index (χ1v) is 18.6. The number of hydrogen-bond acceptors (Lipinski definition) is 7. The molecule has 1 atom stereocenters. The van der Waals surface area contributed by atoms with Crippen LogP contribution in [0, 0.1) is 19.7 Å². The standard InChI is InChI=1S/C37H35ClFN5O3S2/c1-19-30-18-48-23-15-21-14-22(39)8-9-24(21)29(16-23)47-13-5-6-25-26-10-11-27(38)33(34(26)43(3)35(25)37(45)46)32-20(2)42-44-12-4-7-28(36(32)44)40-17-31(41-19)49-30/h8-11,14-16,28,40H,4-7,12-13,17-18H2,1-3H3,(H,45,46). The SMILES string of the molecule is Cc1nc2sc1CSc1cc(c3ccc(F)cc3c1)OCCCc1c(C(=O)O)n(C)c3c(c(Cl)ccc13)-c1c(C)nn3c1C(CCC3)NC2. The molecule has 6 aromatic rings. The third-order valence-corrected chi connectivity index (χ3v) is 12.4. The molecule has 2 aliphatic heterocycles. The van der Waals surface area contributed by atoms with E-state index in [2.05, 4.69) is 16.9 Å². The van der Waals surface area contributed by atoms with E-state index in [0.717, 1.165) is 90.5 Å². The number of benzene rings is 3. The third kappa shape index (κ3) is 5.70. The minimum atomic E-state index is -0.990. The third-order valence-electron chi connectivity index (χ3n) is 9.71. The van der Waals surface area contributed by atoms with E-state index in [-0.39, 0.29) is 17.6 Å². The van der Waals surface area contributed by atoms with Gasteiger partial charge in [0, 0.05) is 57.6 Å². The minimum Gasteiger partial charge on any atom is -0.493 e. The summed E-state index contributed by atoms with van der Waals surface area (Å²) in [5.74, 6) is 0.127. The largest absolute Gasteiger partial charge is 0.493 e. The molecule has 8 bridgehead atoms. The summed E-state index contributed by atoms with van der Waals surface area (Å²) in [7, 11) is 1.81. The minimum absolute atomic E-state index is 0.0136. The average Bonchev–Trinajstić information content (AvgIpc) is 3.70. The van der Waals surface area contributed by atoms with E-state index in [1.807, 2.05) is 38.2 Å². The second kappa shape index (κ2) is 12.8. The van der Waals surface area contributed by atoms with Crippen molar-refractivity contribution in [3.05, 3.63) is 91.5 Å². The normalized spacial score (nSPS) is 16.8. The Morgan fingerprint density at radius 2 is 1.94 bits per heavy atom. The number of carboxylic acid groups (broad SMARTS) is 1. The van der Waals surface area contributed by atoms with Crippen LogP contribution in [0.4, 0.5) is 4.39 Å². The summed E-state index contributed by atoms with van der Waals surface area (Å²) >= 11 is 10.5. The fourth-order valence-corrected chi connectivity index (χ4v) is 9.93. The lowest BCUT2D eigenvalue weighted by molar-refractivity contribution is 0.0685. The lowest BCUT2D eigenvalue weighted by atomic mass is 9.93. The van der Waals surface area contributed by atoms with Gasteiger partial charge in [0.05, 0.1) is 40.3 Å². The molecule has 1 unspecified atom stereocenters. The second-order valence-corrected chi connectivity index (χ2v) is 15.4. The van der Waals surface area contributed by atoms with Gasteiger partial charge in [-0.3, -0.25) is 4.68 Å². The van der Waals surface area contributed by atoms with Crippen LogP contribution < -0.4 is 10.1 Å². The van der Waals surface area contributed by atoms with Gasteiger partial charge in [0.15, 0.2) is 0 Å². The van der Waals surface area contributed by atoms with Gasteiger partial charge in [-0.25, -0.2) is 14.2 Å². The fourth-order valence-electron chi connectivity index (χ4n) is 7.55. The van der Waals surface area contributed by atoms with E-state index < -0.39 is 5.97 Å². The van der Waals surface area contributed by atoms with E-state index in [1.165, 1.54) is 17.0 Å². The summed E-state index contributed by atoms with van der Waals surface area (Å²) in [5.41, 5.74) is 6.49. The Morgan fingerprint density at radius 1 is 1.10 bits per heavy atom. The number of hydrogen-bond donors (Lipinski definition) is 2. The summed E-state index contributed by atoms with van der Waals surface area (Å²) in [6, 6.07) is 12.6. The molecule has 0 aliphatic carbocycles. The highest BCUT2D eigenvalue weighted by Gasteiger charge is 2.32. The number of nitrogens with one attached hydrogen (secondary N) is 1. The molecule has 8 nitrogen and oxygen atoms in total. The molecule has 2 aliphatic rings. The molecule has 252 valence electrons. The lowest BCUT2D eigenvalue weighted by Crippen LogP contribution is -2.28. The Balaban J connectivity index is 1.28. The predicted octanol–water partition coefficient (Wildman–Crippen LogP) is 9.00. The number of rotatable bonds is 1. The molecule has 49 heavy (non-hydrogen) atoms. The van der Waals surface area contributed by atoms with Crippen molar-refractivity contribution in [2.75, 3.05) is 6.61 Å². The second-order valence-electron chi connectivity index (χ2n) is 12.8. The van der Waals surface area contributed by atoms with Crippen LogP contribution in [0.25, 0.3) is 32.8 Å². The molecule has 0 saturated heterocycles. The zero-order chi connectivity index (χ0) is 34.0. The van der Waals surface area contributed by atoms with Crippen LogP contribution in [-0.2, 0) is 32.3 Å². The van der Waals surface area contributed by atoms with Gasteiger partial charge in [-0.15, -0.1) is 23.1 Å². The first-order valence-electron chi connectivity index (χ1n) is 16.5. The molecular weight excluding hydrogens is 681 g/mol. The highest BCUT2D eigenvalue weighted by Crippen LogP contribution is 2.45. The molecule has 12 heteroatoms. The molecule has 8 rings (SSSR count). The van der Waals surface area contributed by atoms with Gasteiger partial charge in [-0.05, 0) is 86.9 Å². The van der Waals surface area contributed by atoms with Crippen molar-refractivity contribution in [2.24, 2.45) is 7.05 Å². The number of halogens is 2. The quantitative estimate of drug-likeness (QED) is 0.176. The number of aromatic carboxylic acids is 1. The highest BCUT2D eigenvalue weighted by molar-refractivity contribution is 7.98. The van der Waals surface area contributed by atoms with Crippen LogP contribution in [0.2, 0.25) is 5.02 Å². The maximum atomic E-state index is 14.3. The number of aromatic nitrogens is 4. The molecule has 0 amide bonds. The van der Waals surface area contributed by atoms with Crippen LogP contribution in [0.1, 0.15) is 68.3 Å². The summed E-state index contributed by atoms with van der Waals surface area (Å²) < 4.78 is 24.6. The number of nitrogens with zero attached hydrogens (tertiary/aromatic N) is 4. The molecule has 2 N–H and O–H groups in total. The van der Waals surface area contributed by atoms with Gasteiger partial charge in [-0.2, -0.15) is 5.10 Å². The van der Waals surface area contributed by atoms with Gasteiger partial charge in [0.25, 0.3) is 0 Å². The zero-order valence-electron chi connectivity index (χ0n) is 27.4.